The number of ether oxygens (including phenoxy) is 1. The number of hydrogen-bond donors (Lipinski definition) is 1. The van der Waals surface area contributed by atoms with E-state index in [1.807, 2.05) is 35.2 Å². The Morgan fingerprint density at radius 3 is 2.45 bits per heavy atom. The summed E-state index contributed by atoms with van der Waals surface area (Å²) in [5.41, 5.74) is 6.11. The Labute approximate surface area is 195 Å². The molecule has 0 spiro atoms. The molecule has 2 aliphatic heterocycles. The van der Waals surface area contributed by atoms with Crippen molar-refractivity contribution in [2.45, 2.75) is 24.2 Å². The van der Waals surface area contributed by atoms with Crippen LogP contribution in [0.5, 0.6) is 5.75 Å². The smallest absolute Gasteiger partial charge is 0.227 e. The van der Waals surface area contributed by atoms with Crippen molar-refractivity contribution in [3.05, 3.63) is 106 Å². The number of nitrogens with zero attached hydrogens (tertiary/aromatic N) is 3. The molecule has 1 N–H and O–H groups in total. The van der Waals surface area contributed by atoms with Gasteiger partial charge in [0.2, 0.25) is 11.1 Å². The fourth-order valence-corrected chi connectivity index (χ4v) is 4.87. The highest BCUT2D eigenvalue weighted by molar-refractivity contribution is 7.98. The van der Waals surface area contributed by atoms with E-state index < -0.39 is 6.10 Å². The lowest BCUT2D eigenvalue weighted by Gasteiger charge is -2.39. The van der Waals surface area contributed by atoms with Crippen molar-refractivity contribution in [1.82, 2.24) is 14.8 Å². The van der Waals surface area contributed by atoms with E-state index in [-0.39, 0.29) is 11.9 Å². The quantitative estimate of drug-likeness (QED) is 0.383. The maximum Gasteiger partial charge on any atom is 0.227 e. The molecular weight excluding hydrogens is 435 g/mol. The molecule has 7 heteroatoms. The van der Waals surface area contributed by atoms with Crippen LogP contribution >= 0.6 is 11.8 Å². The van der Waals surface area contributed by atoms with Gasteiger partial charge in [-0.1, -0.05) is 65.9 Å². The van der Waals surface area contributed by atoms with Gasteiger partial charge in [-0.3, -0.25) is 0 Å². The Balaban J connectivity index is 1.62. The third-order valence-electron chi connectivity index (χ3n) is 6.11. The van der Waals surface area contributed by atoms with Gasteiger partial charge in [-0.05, 0) is 48.6 Å². The lowest BCUT2D eigenvalue weighted by Crippen LogP contribution is -2.32. The van der Waals surface area contributed by atoms with Gasteiger partial charge in [0.05, 0.1) is 5.70 Å². The predicted octanol–water partition coefficient (Wildman–Crippen LogP) is 6.01. The van der Waals surface area contributed by atoms with Gasteiger partial charge < -0.3 is 10.1 Å². The Hall–Kier alpha value is -3.58. The van der Waals surface area contributed by atoms with Crippen molar-refractivity contribution in [2.75, 3.05) is 11.6 Å². The van der Waals surface area contributed by atoms with Crippen LogP contribution < -0.4 is 10.1 Å². The topological polar surface area (TPSA) is 52.0 Å². The Morgan fingerprint density at radius 1 is 0.970 bits per heavy atom. The van der Waals surface area contributed by atoms with Gasteiger partial charge in [-0.15, -0.1) is 5.10 Å². The van der Waals surface area contributed by atoms with Gasteiger partial charge in [0, 0.05) is 11.1 Å². The maximum absolute atomic E-state index is 13.8. The molecule has 3 aromatic carbocycles. The average Bonchev–Trinajstić information content (AvgIpc) is 3.26. The first-order chi connectivity index (χ1) is 16.1. The zero-order valence-electron chi connectivity index (χ0n) is 18.1. The number of thioether (sulfide) groups is 1. The van der Waals surface area contributed by atoms with Crippen LogP contribution in [0.25, 0.3) is 5.70 Å². The lowest BCUT2D eigenvalue weighted by atomic mass is 9.84. The summed E-state index contributed by atoms with van der Waals surface area (Å²) in [7, 11) is 0. The van der Waals surface area contributed by atoms with Gasteiger partial charge in [-0.2, -0.15) is 4.98 Å². The number of nitrogens with one attached hydrogen (secondary N) is 1. The summed E-state index contributed by atoms with van der Waals surface area (Å²) in [6.45, 7) is 2.07. The molecule has 0 unspecified atom stereocenters. The van der Waals surface area contributed by atoms with E-state index in [1.165, 1.54) is 29.5 Å². The summed E-state index contributed by atoms with van der Waals surface area (Å²) < 4.78 is 22.3. The van der Waals surface area contributed by atoms with E-state index in [0.29, 0.717) is 11.1 Å². The molecule has 6 rings (SSSR count). The molecule has 0 saturated carbocycles. The summed E-state index contributed by atoms with van der Waals surface area (Å²) in [4.78, 5) is 4.72. The average molecular weight is 457 g/mol. The zero-order valence-corrected chi connectivity index (χ0v) is 18.9. The molecular formula is C26H21FN4OS. The second-order valence-corrected chi connectivity index (χ2v) is 8.95. The number of fused-ring (bicyclic) bond motifs is 3. The molecule has 0 aliphatic carbocycles. The van der Waals surface area contributed by atoms with E-state index in [9.17, 15) is 4.39 Å². The van der Waals surface area contributed by atoms with E-state index in [0.717, 1.165) is 33.7 Å². The van der Waals surface area contributed by atoms with E-state index in [4.69, 9.17) is 14.8 Å². The fourth-order valence-electron chi connectivity index (χ4n) is 4.53. The number of aromatic nitrogens is 3. The zero-order chi connectivity index (χ0) is 22.5. The van der Waals surface area contributed by atoms with Gasteiger partial charge >= 0.3 is 0 Å². The van der Waals surface area contributed by atoms with Crippen molar-refractivity contribution in [3.63, 3.8) is 0 Å². The normalized spacial score (nSPS) is 18.6. The van der Waals surface area contributed by atoms with Crippen LogP contribution in [-0.2, 0) is 0 Å². The van der Waals surface area contributed by atoms with Gasteiger partial charge in [0.15, 0.2) is 0 Å². The van der Waals surface area contributed by atoms with Crippen LogP contribution in [0.1, 0.15) is 34.4 Å². The minimum absolute atomic E-state index is 0.228. The maximum atomic E-state index is 13.8. The van der Waals surface area contributed by atoms with Crippen LogP contribution in [-0.4, -0.2) is 21.0 Å². The lowest BCUT2D eigenvalue weighted by molar-refractivity contribution is 0.223. The molecule has 4 aromatic rings. The number of benzene rings is 3. The number of rotatable bonds is 3. The van der Waals surface area contributed by atoms with Crippen molar-refractivity contribution in [3.8, 4) is 5.75 Å². The first-order valence-corrected chi connectivity index (χ1v) is 11.9. The second kappa shape index (κ2) is 7.78. The fraction of sp³-hybridized carbons (Fsp3) is 0.154. The van der Waals surface area contributed by atoms with Crippen molar-refractivity contribution in [2.24, 2.45) is 0 Å². The van der Waals surface area contributed by atoms with Crippen molar-refractivity contribution in [1.29, 1.82) is 0 Å². The Bertz CT molecular complexity index is 1380. The highest BCUT2D eigenvalue weighted by Crippen LogP contribution is 2.50. The number of para-hydroxylation sites is 1. The molecule has 2 atom stereocenters. The summed E-state index contributed by atoms with van der Waals surface area (Å²) >= 11 is 1.51. The molecule has 2 aliphatic rings. The minimum atomic E-state index is -0.413. The molecule has 0 radical (unpaired) electrons. The number of halogens is 1. The van der Waals surface area contributed by atoms with Crippen LogP contribution in [0, 0.1) is 12.7 Å². The highest BCUT2D eigenvalue weighted by atomic mass is 32.2. The summed E-state index contributed by atoms with van der Waals surface area (Å²) in [6.07, 6.45) is 1.55. The minimum Gasteiger partial charge on any atom is -0.480 e. The molecule has 164 valence electrons. The van der Waals surface area contributed by atoms with Crippen LogP contribution in [0.15, 0.2) is 83.5 Å². The largest absolute Gasteiger partial charge is 0.480 e. The standard InChI is InChI=1S/C26H21FN4OS/c1-15-7-9-16(10-8-15)23-21-22(28-25-29-26(33-2)30-31(23)25)19-5-3-4-6-20(19)32-24(21)17-11-13-18(27)14-12-17/h3-14,23-24H,1-2H3,(H,28,29,30)/t23-,24+/m1/s1. The van der Waals surface area contributed by atoms with Crippen LogP contribution in [0.2, 0.25) is 0 Å². The molecule has 0 fully saturated rings. The van der Waals surface area contributed by atoms with Gasteiger partial charge in [0.1, 0.15) is 23.7 Å². The molecule has 1 aromatic heterocycles. The first-order valence-electron chi connectivity index (χ1n) is 10.7. The molecule has 5 nitrogen and oxygen atoms in total. The van der Waals surface area contributed by atoms with E-state index >= 15 is 0 Å². The predicted molar refractivity (Wildman–Crippen MR) is 128 cm³/mol. The van der Waals surface area contributed by atoms with E-state index in [1.54, 1.807) is 12.1 Å². The number of anilines is 1. The Kier molecular flexibility index (Phi) is 4.73. The SMILES string of the molecule is CSc1nc2n(n1)[C@H](c1ccc(C)cc1)C1=C(N2)c2ccccc2O[C@H]1c1ccc(F)cc1. The Morgan fingerprint density at radius 2 is 1.70 bits per heavy atom. The molecule has 0 bridgehead atoms. The summed E-state index contributed by atoms with van der Waals surface area (Å²) in [5.74, 6) is 1.20. The molecule has 33 heavy (non-hydrogen) atoms. The van der Waals surface area contributed by atoms with Crippen molar-refractivity contribution >= 4 is 23.4 Å². The third-order valence-corrected chi connectivity index (χ3v) is 6.65. The number of aryl methyl sites for hydroxylation is 1. The van der Waals surface area contributed by atoms with Crippen molar-refractivity contribution < 1.29 is 9.13 Å². The van der Waals surface area contributed by atoms with Gasteiger partial charge in [-0.25, -0.2) is 9.07 Å². The second-order valence-electron chi connectivity index (χ2n) is 8.18. The monoisotopic (exact) mass is 456 g/mol. The van der Waals surface area contributed by atoms with Crippen LogP contribution in [0.3, 0.4) is 0 Å². The molecule has 0 saturated heterocycles. The van der Waals surface area contributed by atoms with Gasteiger partial charge in [0.25, 0.3) is 0 Å². The molecule has 0 amide bonds. The number of hydrogen-bond acceptors (Lipinski definition) is 5. The summed E-state index contributed by atoms with van der Waals surface area (Å²) in [6, 6.07) is 22.7. The first kappa shape index (κ1) is 20.1. The highest BCUT2D eigenvalue weighted by Gasteiger charge is 2.41. The third kappa shape index (κ3) is 3.31. The molecule has 3 heterocycles. The van der Waals surface area contributed by atoms with Crippen LogP contribution in [0.4, 0.5) is 10.3 Å². The summed E-state index contributed by atoms with van der Waals surface area (Å²) in [5, 5.41) is 9.02. The van der Waals surface area contributed by atoms with E-state index in [2.05, 4.69) is 36.5 Å².